The van der Waals surface area contributed by atoms with Crippen LogP contribution in [-0.2, 0) is 11.0 Å². The van der Waals surface area contributed by atoms with Gasteiger partial charge < -0.3 is 10.2 Å². The van der Waals surface area contributed by atoms with Crippen molar-refractivity contribution >= 4 is 40.6 Å². The number of nitrogens with one attached hydrogen (secondary N) is 1. The van der Waals surface area contributed by atoms with E-state index in [2.05, 4.69) is 5.32 Å². The van der Waals surface area contributed by atoms with Gasteiger partial charge in [-0.2, -0.15) is 13.2 Å². The fraction of sp³-hybridized carbons (Fsp3) is 0.241. The summed E-state index contributed by atoms with van der Waals surface area (Å²) in [6.45, 7) is 1.32. The van der Waals surface area contributed by atoms with Crippen LogP contribution in [-0.4, -0.2) is 36.3 Å². The maximum absolute atomic E-state index is 13.5. The van der Waals surface area contributed by atoms with Crippen molar-refractivity contribution in [1.82, 2.24) is 10.2 Å². The van der Waals surface area contributed by atoms with E-state index in [9.17, 15) is 27.2 Å². The standard InChI is InChI=1S/C29H24Cl2F4N2O2/c30-23-13-21(14-24(31)15-23)28(39)36-17-18-9-11-37(12-10-18)27(38)16-26(20-3-7-25(32)8-4-20)19-1-5-22(6-2-19)29(33,34)35/h1-8,13-16,18H,9-12,17H2,(H,36,39)/b26-16-. The number of likely N-dealkylation sites (tertiary alicyclic amines) is 1. The summed E-state index contributed by atoms with van der Waals surface area (Å²) in [5, 5.41) is 3.61. The van der Waals surface area contributed by atoms with E-state index in [1.807, 2.05) is 0 Å². The summed E-state index contributed by atoms with van der Waals surface area (Å²) in [5.74, 6) is -0.904. The Labute approximate surface area is 233 Å². The van der Waals surface area contributed by atoms with Crippen LogP contribution >= 0.6 is 23.2 Å². The van der Waals surface area contributed by atoms with Gasteiger partial charge in [-0.15, -0.1) is 0 Å². The second kappa shape index (κ2) is 12.2. The molecule has 0 bridgehead atoms. The molecule has 0 radical (unpaired) electrons. The molecule has 1 fully saturated rings. The molecular formula is C29H24Cl2F4N2O2. The van der Waals surface area contributed by atoms with E-state index in [4.69, 9.17) is 23.2 Å². The second-order valence-corrected chi connectivity index (χ2v) is 10.1. The Morgan fingerprint density at radius 3 is 1.95 bits per heavy atom. The molecule has 39 heavy (non-hydrogen) atoms. The molecule has 0 saturated carbocycles. The molecule has 3 aromatic carbocycles. The Balaban J connectivity index is 1.42. The number of halogens is 6. The van der Waals surface area contributed by atoms with Crippen molar-refractivity contribution < 1.29 is 27.2 Å². The maximum atomic E-state index is 13.5. The zero-order chi connectivity index (χ0) is 28.2. The number of hydrogen-bond donors (Lipinski definition) is 1. The minimum atomic E-state index is -4.49. The van der Waals surface area contributed by atoms with Crippen molar-refractivity contribution in [3.63, 3.8) is 0 Å². The molecule has 1 aliphatic rings. The van der Waals surface area contributed by atoms with Gasteiger partial charge in [0.25, 0.3) is 5.91 Å². The summed E-state index contributed by atoms with van der Waals surface area (Å²) in [7, 11) is 0. The van der Waals surface area contributed by atoms with E-state index in [-0.39, 0.29) is 17.7 Å². The lowest BCUT2D eigenvalue weighted by atomic mass is 9.94. The monoisotopic (exact) mass is 578 g/mol. The van der Waals surface area contributed by atoms with E-state index in [1.165, 1.54) is 54.6 Å². The molecule has 1 saturated heterocycles. The van der Waals surface area contributed by atoms with Crippen molar-refractivity contribution in [3.8, 4) is 0 Å². The number of carbonyl (C=O) groups excluding carboxylic acids is 2. The van der Waals surface area contributed by atoms with Crippen LogP contribution in [0.25, 0.3) is 5.57 Å². The first kappa shape index (κ1) is 28.6. The predicted molar refractivity (Wildman–Crippen MR) is 143 cm³/mol. The van der Waals surface area contributed by atoms with Crippen LogP contribution in [0.2, 0.25) is 10.0 Å². The van der Waals surface area contributed by atoms with E-state index >= 15 is 0 Å². The van der Waals surface area contributed by atoms with Crippen LogP contribution in [0.3, 0.4) is 0 Å². The summed E-state index contributed by atoms with van der Waals surface area (Å²) in [4.78, 5) is 27.3. The van der Waals surface area contributed by atoms with E-state index in [0.717, 1.165) is 12.1 Å². The SMILES string of the molecule is O=C(NCC1CCN(C(=O)/C=C(\c2ccc(F)cc2)c2ccc(C(F)(F)F)cc2)CC1)c1cc(Cl)cc(Cl)c1. The predicted octanol–water partition coefficient (Wildman–Crippen LogP) is 7.25. The molecule has 3 aromatic rings. The van der Waals surface area contributed by atoms with Gasteiger partial charge in [-0.05, 0) is 77.9 Å². The van der Waals surface area contributed by atoms with Crippen molar-refractivity contribution in [3.05, 3.63) is 111 Å². The van der Waals surface area contributed by atoms with Gasteiger partial charge in [0.05, 0.1) is 5.56 Å². The number of benzene rings is 3. The third-order valence-corrected chi connectivity index (χ3v) is 6.98. The van der Waals surface area contributed by atoms with Gasteiger partial charge >= 0.3 is 6.18 Å². The number of nitrogens with zero attached hydrogens (tertiary/aromatic N) is 1. The summed E-state index contributed by atoms with van der Waals surface area (Å²) >= 11 is 11.9. The van der Waals surface area contributed by atoms with Gasteiger partial charge in [-0.25, -0.2) is 4.39 Å². The lowest BCUT2D eigenvalue weighted by Gasteiger charge is -2.31. The zero-order valence-corrected chi connectivity index (χ0v) is 22.1. The Morgan fingerprint density at radius 2 is 1.41 bits per heavy atom. The van der Waals surface area contributed by atoms with Crippen molar-refractivity contribution in [2.45, 2.75) is 19.0 Å². The molecule has 0 atom stereocenters. The first-order valence-electron chi connectivity index (χ1n) is 12.2. The Morgan fingerprint density at radius 1 is 0.872 bits per heavy atom. The van der Waals surface area contributed by atoms with Crippen LogP contribution in [0, 0.1) is 11.7 Å². The highest BCUT2D eigenvalue weighted by Crippen LogP contribution is 2.32. The van der Waals surface area contributed by atoms with Crippen LogP contribution in [0.1, 0.15) is 39.9 Å². The molecule has 0 aromatic heterocycles. The molecule has 1 aliphatic heterocycles. The quantitative estimate of drug-likeness (QED) is 0.247. The zero-order valence-electron chi connectivity index (χ0n) is 20.6. The summed E-state index contributed by atoms with van der Waals surface area (Å²) in [5.41, 5.74) is 0.860. The summed E-state index contributed by atoms with van der Waals surface area (Å²) < 4.78 is 52.6. The molecule has 4 nitrogen and oxygen atoms in total. The summed E-state index contributed by atoms with van der Waals surface area (Å²) in [6.07, 6.45) is -1.80. The van der Waals surface area contributed by atoms with Crippen molar-refractivity contribution in [1.29, 1.82) is 0 Å². The van der Waals surface area contributed by atoms with Gasteiger partial charge in [-0.1, -0.05) is 47.5 Å². The summed E-state index contributed by atoms with van der Waals surface area (Å²) in [6, 6.07) is 14.5. The molecule has 204 valence electrons. The minimum Gasteiger partial charge on any atom is -0.352 e. The van der Waals surface area contributed by atoms with Gasteiger partial charge in [-0.3, -0.25) is 9.59 Å². The van der Waals surface area contributed by atoms with Crippen LogP contribution in [0.4, 0.5) is 17.6 Å². The molecule has 1 heterocycles. The topological polar surface area (TPSA) is 49.4 Å². The molecule has 0 unspecified atom stereocenters. The lowest BCUT2D eigenvalue weighted by molar-refractivity contribution is -0.137. The van der Waals surface area contributed by atoms with E-state index < -0.39 is 17.6 Å². The molecule has 1 N–H and O–H groups in total. The number of carbonyl (C=O) groups is 2. The molecular weight excluding hydrogens is 555 g/mol. The number of alkyl halides is 3. The average Bonchev–Trinajstić information content (AvgIpc) is 2.90. The third-order valence-electron chi connectivity index (χ3n) is 6.55. The van der Waals surface area contributed by atoms with Crippen LogP contribution in [0.15, 0.2) is 72.8 Å². The average molecular weight is 579 g/mol. The smallest absolute Gasteiger partial charge is 0.352 e. The number of amides is 2. The van der Waals surface area contributed by atoms with E-state index in [0.29, 0.717) is 64.8 Å². The highest BCUT2D eigenvalue weighted by atomic mass is 35.5. The number of hydrogen-bond acceptors (Lipinski definition) is 2. The minimum absolute atomic E-state index is 0.156. The largest absolute Gasteiger partial charge is 0.416 e. The van der Waals surface area contributed by atoms with Crippen LogP contribution < -0.4 is 5.32 Å². The fourth-order valence-corrected chi connectivity index (χ4v) is 4.92. The molecule has 10 heteroatoms. The normalized spacial score (nSPS) is 14.8. The Bertz CT molecular complexity index is 1350. The fourth-order valence-electron chi connectivity index (χ4n) is 4.40. The highest BCUT2D eigenvalue weighted by molar-refractivity contribution is 6.35. The highest BCUT2D eigenvalue weighted by Gasteiger charge is 2.30. The first-order valence-corrected chi connectivity index (χ1v) is 12.9. The van der Waals surface area contributed by atoms with Crippen molar-refractivity contribution in [2.24, 2.45) is 5.92 Å². The maximum Gasteiger partial charge on any atom is 0.416 e. The Hall–Kier alpha value is -3.36. The van der Waals surface area contributed by atoms with Gasteiger partial charge in [0, 0.05) is 41.3 Å². The first-order chi connectivity index (χ1) is 18.5. The Kier molecular flexibility index (Phi) is 8.97. The second-order valence-electron chi connectivity index (χ2n) is 9.28. The van der Waals surface area contributed by atoms with Crippen molar-refractivity contribution in [2.75, 3.05) is 19.6 Å². The number of piperidine rings is 1. The van der Waals surface area contributed by atoms with Gasteiger partial charge in [0.1, 0.15) is 5.82 Å². The lowest BCUT2D eigenvalue weighted by Crippen LogP contribution is -2.41. The number of rotatable bonds is 6. The third kappa shape index (κ3) is 7.61. The van der Waals surface area contributed by atoms with Crippen LogP contribution in [0.5, 0.6) is 0 Å². The van der Waals surface area contributed by atoms with Gasteiger partial charge in [0.2, 0.25) is 5.91 Å². The molecule has 0 spiro atoms. The molecule has 2 amide bonds. The van der Waals surface area contributed by atoms with E-state index in [1.54, 1.807) is 11.0 Å². The molecule has 0 aliphatic carbocycles. The van der Waals surface area contributed by atoms with Gasteiger partial charge in [0.15, 0.2) is 0 Å². The molecule has 4 rings (SSSR count).